The molecule has 2 amide bonds. The van der Waals surface area contributed by atoms with E-state index < -0.39 is 35.7 Å². The summed E-state index contributed by atoms with van der Waals surface area (Å²) in [5.41, 5.74) is 3.73. The Bertz CT molecular complexity index is 1410. The average Bonchev–Trinajstić information content (AvgIpc) is 3.32. The maximum Gasteiger partial charge on any atom is 0.239 e. The number of hydrogen-bond acceptors (Lipinski definition) is 7. The van der Waals surface area contributed by atoms with E-state index in [-0.39, 0.29) is 24.8 Å². The molecular formula is C36H47N5O4. The second-order valence-electron chi connectivity index (χ2n) is 13.6. The number of nitrogens with one attached hydrogen (secondary N) is 2. The van der Waals surface area contributed by atoms with Crippen LogP contribution in [0.2, 0.25) is 0 Å². The summed E-state index contributed by atoms with van der Waals surface area (Å²) in [6.07, 6.45) is 3.22. The topological polar surface area (TPSA) is 118 Å². The van der Waals surface area contributed by atoms with Crippen LogP contribution in [-0.2, 0) is 29.0 Å². The van der Waals surface area contributed by atoms with E-state index in [9.17, 15) is 19.8 Å². The van der Waals surface area contributed by atoms with E-state index >= 15 is 0 Å². The Labute approximate surface area is 266 Å². The summed E-state index contributed by atoms with van der Waals surface area (Å²) >= 11 is 0. The van der Waals surface area contributed by atoms with E-state index in [2.05, 4.69) is 25.4 Å². The zero-order valence-corrected chi connectivity index (χ0v) is 26.6. The number of amides is 2. The maximum absolute atomic E-state index is 13.8. The molecule has 9 heteroatoms. The van der Waals surface area contributed by atoms with Crippen molar-refractivity contribution in [2.45, 2.75) is 76.4 Å². The lowest BCUT2D eigenvalue weighted by Crippen LogP contribution is -2.61. The van der Waals surface area contributed by atoms with Gasteiger partial charge in [-0.2, -0.15) is 0 Å². The molecule has 45 heavy (non-hydrogen) atoms. The number of aromatic nitrogens is 1. The Balaban J connectivity index is 1.29. The average molecular weight is 614 g/mol. The number of carbonyl (C=O) groups is 2. The van der Waals surface area contributed by atoms with Crippen LogP contribution in [0.4, 0.5) is 0 Å². The van der Waals surface area contributed by atoms with Crippen molar-refractivity contribution in [3.05, 3.63) is 101 Å². The summed E-state index contributed by atoms with van der Waals surface area (Å²) in [5, 5.41) is 28.5. The molecule has 0 spiro atoms. The molecule has 1 unspecified atom stereocenters. The third kappa shape index (κ3) is 8.98. The number of rotatable bonds is 11. The molecule has 5 atom stereocenters. The van der Waals surface area contributed by atoms with Gasteiger partial charge in [0.05, 0.1) is 18.2 Å². The van der Waals surface area contributed by atoms with Crippen LogP contribution in [0, 0.1) is 5.92 Å². The van der Waals surface area contributed by atoms with Gasteiger partial charge in [-0.25, -0.2) is 0 Å². The van der Waals surface area contributed by atoms with Crippen molar-refractivity contribution in [1.29, 1.82) is 0 Å². The molecule has 240 valence electrons. The molecule has 0 bridgehead atoms. The lowest BCUT2D eigenvalue weighted by atomic mass is 9.91. The highest BCUT2D eigenvalue weighted by atomic mass is 16.3. The molecule has 0 radical (unpaired) electrons. The highest BCUT2D eigenvalue weighted by Gasteiger charge is 2.37. The van der Waals surface area contributed by atoms with Crippen molar-refractivity contribution in [2.24, 2.45) is 5.92 Å². The SMILES string of the molecule is CC(C)(C)NC(=O)[C@@H]1CN(Cc2ccncc2)CCN1C[C@@H](O)C[C@@H](Cc1ccccc1)C(=O)NC1c2ccccc2C[C@H]1O. The van der Waals surface area contributed by atoms with Crippen molar-refractivity contribution >= 4 is 11.8 Å². The molecule has 1 aromatic heterocycles. The summed E-state index contributed by atoms with van der Waals surface area (Å²) < 4.78 is 0. The van der Waals surface area contributed by atoms with Crippen molar-refractivity contribution in [3.63, 3.8) is 0 Å². The van der Waals surface area contributed by atoms with Crippen LogP contribution in [0.1, 0.15) is 55.5 Å². The summed E-state index contributed by atoms with van der Waals surface area (Å²) in [6.45, 7) is 8.79. The number of pyridine rings is 1. The highest BCUT2D eigenvalue weighted by Crippen LogP contribution is 2.32. The molecule has 2 aromatic carbocycles. The van der Waals surface area contributed by atoms with Crippen molar-refractivity contribution in [2.75, 3.05) is 26.2 Å². The third-order valence-electron chi connectivity index (χ3n) is 8.73. The van der Waals surface area contributed by atoms with Gasteiger partial charge < -0.3 is 20.8 Å². The number of β-amino-alcohol motifs (C(OH)–C–C–N with tert-alkyl or cyclic N) is 1. The molecular weight excluding hydrogens is 566 g/mol. The number of hydrogen-bond donors (Lipinski definition) is 4. The smallest absolute Gasteiger partial charge is 0.239 e. The summed E-state index contributed by atoms with van der Waals surface area (Å²) in [7, 11) is 0. The molecule has 9 nitrogen and oxygen atoms in total. The Kier molecular flexibility index (Phi) is 10.7. The quantitative estimate of drug-likeness (QED) is 0.263. The van der Waals surface area contributed by atoms with E-state index in [1.165, 1.54) is 0 Å². The molecule has 3 aromatic rings. The first-order chi connectivity index (χ1) is 21.6. The van der Waals surface area contributed by atoms with Crippen LogP contribution >= 0.6 is 0 Å². The Morgan fingerprint density at radius 2 is 1.69 bits per heavy atom. The second kappa shape index (κ2) is 14.6. The fourth-order valence-electron chi connectivity index (χ4n) is 6.56. The first kappa shape index (κ1) is 32.8. The fourth-order valence-corrected chi connectivity index (χ4v) is 6.56. The van der Waals surface area contributed by atoms with E-state index in [0.29, 0.717) is 32.5 Å². The van der Waals surface area contributed by atoms with Gasteiger partial charge in [0.25, 0.3) is 0 Å². The zero-order valence-electron chi connectivity index (χ0n) is 26.6. The first-order valence-electron chi connectivity index (χ1n) is 16.0. The van der Waals surface area contributed by atoms with Gasteiger partial charge in [0.1, 0.15) is 6.04 Å². The van der Waals surface area contributed by atoms with E-state index in [1.807, 2.05) is 87.5 Å². The van der Waals surface area contributed by atoms with E-state index in [1.54, 1.807) is 12.4 Å². The normalized spacial score (nSPS) is 21.9. The number of carbonyl (C=O) groups excluding carboxylic acids is 2. The van der Waals surface area contributed by atoms with Gasteiger partial charge in [0, 0.05) is 63.0 Å². The largest absolute Gasteiger partial charge is 0.392 e. The molecule has 4 N–H and O–H groups in total. The molecule has 1 aliphatic heterocycles. The van der Waals surface area contributed by atoms with Gasteiger partial charge in [-0.05, 0) is 68.0 Å². The van der Waals surface area contributed by atoms with E-state index in [4.69, 9.17) is 0 Å². The summed E-state index contributed by atoms with van der Waals surface area (Å²) in [4.78, 5) is 35.8. The number of piperazine rings is 1. The fraction of sp³-hybridized carbons (Fsp3) is 0.472. The number of aliphatic hydroxyl groups excluding tert-OH is 2. The van der Waals surface area contributed by atoms with Gasteiger partial charge in [-0.1, -0.05) is 54.6 Å². The molecule has 1 aliphatic carbocycles. The Morgan fingerprint density at radius 1 is 0.978 bits per heavy atom. The van der Waals surface area contributed by atoms with Gasteiger partial charge >= 0.3 is 0 Å². The maximum atomic E-state index is 13.8. The van der Waals surface area contributed by atoms with Crippen LogP contribution in [0.3, 0.4) is 0 Å². The predicted molar refractivity (Wildman–Crippen MR) is 174 cm³/mol. The molecule has 2 aliphatic rings. The van der Waals surface area contributed by atoms with Crippen LogP contribution in [-0.4, -0.2) is 86.8 Å². The molecule has 5 rings (SSSR count). The Hall–Kier alpha value is -3.63. The number of nitrogens with zero attached hydrogens (tertiary/aromatic N) is 3. The van der Waals surface area contributed by atoms with Crippen LogP contribution in [0.15, 0.2) is 79.1 Å². The molecule has 1 saturated heterocycles. The van der Waals surface area contributed by atoms with Gasteiger partial charge in [-0.3, -0.25) is 24.4 Å². The second-order valence-corrected chi connectivity index (χ2v) is 13.6. The first-order valence-corrected chi connectivity index (χ1v) is 16.0. The Morgan fingerprint density at radius 3 is 2.42 bits per heavy atom. The van der Waals surface area contributed by atoms with Crippen molar-refractivity contribution in [1.82, 2.24) is 25.4 Å². The zero-order chi connectivity index (χ0) is 32.0. The van der Waals surface area contributed by atoms with Gasteiger partial charge in [-0.15, -0.1) is 0 Å². The summed E-state index contributed by atoms with van der Waals surface area (Å²) in [6, 6.07) is 20.7. The minimum Gasteiger partial charge on any atom is -0.392 e. The molecule has 2 heterocycles. The number of benzene rings is 2. The van der Waals surface area contributed by atoms with Crippen molar-refractivity contribution in [3.8, 4) is 0 Å². The predicted octanol–water partition coefficient (Wildman–Crippen LogP) is 2.87. The summed E-state index contributed by atoms with van der Waals surface area (Å²) in [5.74, 6) is -0.776. The number of aliphatic hydroxyl groups is 2. The van der Waals surface area contributed by atoms with Crippen LogP contribution in [0.25, 0.3) is 0 Å². The minimum absolute atomic E-state index is 0.0680. The standard InChI is InChI=1S/C36H47N5O4/c1-36(2,3)39-35(45)31-24-40(22-26-13-15-37-16-14-26)17-18-41(31)23-29(42)20-28(19-25-9-5-4-6-10-25)34(44)38-33-30-12-8-7-11-27(30)21-32(33)43/h4-16,28-29,31-33,42-43H,17-24H2,1-3H3,(H,38,44)(H,39,45)/t28-,29+,31+,32-,33?/m1/s1. The van der Waals surface area contributed by atoms with Gasteiger partial charge in [0.2, 0.25) is 11.8 Å². The van der Waals surface area contributed by atoms with Gasteiger partial charge in [0.15, 0.2) is 0 Å². The third-order valence-corrected chi connectivity index (χ3v) is 8.73. The van der Waals surface area contributed by atoms with Crippen molar-refractivity contribution < 1.29 is 19.8 Å². The highest BCUT2D eigenvalue weighted by molar-refractivity contribution is 5.83. The molecule has 1 fully saturated rings. The number of fused-ring (bicyclic) bond motifs is 1. The molecule has 0 saturated carbocycles. The lowest BCUT2D eigenvalue weighted by Gasteiger charge is -2.42. The van der Waals surface area contributed by atoms with Crippen LogP contribution in [0.5, 0.6) is 0 Å². The van der Waals surface area contributed by atoms with Crippen LogP contribution < -0.4 is 10.6 Å². The minimum atomic E-state index is -0.832. The lowest BCUT2D eigenvalue weighted by molar-refractivity contribution is -0.132. The van der Waals surface area contributed by atoms with E-state index in [0.717, 1.165) is 28.8 Å². The monoisotopic (exact) mass is 613 g/mol.